The van der Waals surface area contributed by atoms with Crippen LogP contribution >= 0.6 is 11.3 Å². The summed E-state index contributed by atoms with van der Waals surface area (Å²) in [6.07, 6.45) is 3.97. The predicted molar refractivity (Wildman–Crippen MR) is 68.7 cm³/mol. The van der Waals surface area contributed by atoms with Crippen LogP contribution in [0.15, 0.2) is 5.51 Å². The van der Waals surface area contributed by atoms with Gasteiger partial charge in [0.1, 0.15) is 0 Å². The number of carbonyl (C=O) groups is 1. The minimum absolute atomic E-state index is 0.0901. The van der Waals surface area contributed by atoms with Gasteiger partial charge >= 0.3 is 0 Å². The third-order valence-corrected chi connectivity index (χ3v) is 4.61. The lowest BCUT2D eigenvalue weighted by molar-refractivity contribution is -0.124. The van der Waals surface area contributed by atoms with Crippen molar-refractivity contribution >= 4 is 17.2 Å². The number of nitrogens with zero attached hydrogens (tertiary/aromatic N) is 1. The lowest BCUT2D eigenvalue weighted by Crippen LogP contribution is -2.41. The highest BCUT2D eigenvalue weighted by atomic mass is 32.1. The van der Waals surface area contributed by atoms with Crippen molar-refractivity contribution in [2.45, 2.75) is 39.2 Å². The Balaban J connectivity index is 1.80. The number of amides is 1. The first kappa shape index (κ1) is 12.5. The fourth-order valence-corrected chi connectivity index (χ4v) is 2.92. The van der Waals surface area contributed by atoms with Gasteiger partial charge in [0.05, 0.1) is 17.7 Å². The maximum Gasteiger partial charge on any atom is 0.220 e. The molecule has 94 valence electrons. The summed E-state index contributed by atoms with van der Waals surface area (Å²) in [5.41, 5.74) is 8.65. The van der Waals surface area contributed by atoms with E-state index in [-0.39, 0.29) is 11.3 Å². The van der Waals surface area contributed by atoms with Crippen molar-refractivity contribution in [2.24, 2.45) is 11.1 Å². The molecule has 1 amide bonds. The molecule has 1 aliphatic rings. The summed E-state index contributed by atoms with van der Waals surface area (Å²) in [4.78, 5) is 17.1. The fourth-order valence-electron chi connectivity index (χ4n) is 2.21. The van der Waals surface area contributed by atoms with Crippen LogP contribution in [-0.4, -0.2) is 17.4 Å². The summed E-state index contributed by atoms with van der Waals surface area (Å²) in [6, 6.07) is 0. The highest BCUT2D eigenvalue weighted by Gasteiger charge is 2.37. The molecule has 2 rings (SSSR count). The number of aryl methyl sites for hydroxylation is 1. The highest BCUT2D eigenvalue weighted by Crippen LogP contribution is 2.42. The number of thiazole rings is 1. The minimum Gasteiger partial charge on any atom is -0.351 e. The summed E-state index contributed by atoms with van der Waals surface area (Å²) in [6.45, 7) is 3.18. The first-order chi connectivity index (χ1) is 8.15. The monoisotopic (exact) mass is 253 g/mol. The van der Waals surface area contributed by atoms with Gasteiger partial charge in [-0.15, -0.1) is 11.3 Å². The molecule has 0 atom stereocenters. The van der Waals surface area contributed by atoms with E-state index in [0.717, 1.165) is 23.4 Å². The van der Waals surface area contributed by atoms with Crippen molar-refractivity contribution < 1.29 is 4.79 Å². The van der Waals surface area contributed by atoms with Gasteiger partial charge in [-0.25, -0.2) is 4.98 Å². The van der Waals surface area contributed by atoms with Gasteiger partial charge in [-0.1, -0.05) is 6.42 Å². The molecule has 5 heteroatoms. The van der Waals surface area contributed by atoms with Crippen LogP contribution < -0.4 is 11.1 Å². The average molecular weight is 253 g/mol. The van der Waals surface area contributed by atoms with E-state index in [9.17, 15) is 4.79 Å². The van der Waals surface area contributed by atoms with Crippen LogP contribution in [0.3, 0.4) is 0 Å². The van der Waals surface area contributed by atoms with E-state index >= 15 is 0 Å². The van der Waals surface area contributed by atoms with Crippen LogP contribution in [0.25, 0.3) is 0 Å². The van der Waals surface area contributed by atoms with E-state index in [1.165, 1.54) is 6.42 Å². The Labute approximate surface area is 106 Å². The van der Waals surface area contributed by atoms with Crippen LogP contribution in [-0.2, 0) is 11.3 Å². The molecule has 1 aromatic rings. The number of nitrogens with one attached hydrogen (secondary N) is 1. The van der Waals surface area contributed by atoms with Gasteiger partial charge in [0.2, 0.25) is 5.91 Å². The largest absolute Gasteiger partial charge is 0.351 e. The normalized spacial score (nSPS) is 17.5. The molecule has 1 aliphatic carbocycles. The second kappa shape index (κ2) is 5.14. The van der Waals surface area contributed by atoms with E-state index in [1.54, 1.807) is 11.3 Å². The van der Waals surface area contributed by atoms with Crippen molar-refractivity contribution in [3.05, 3.63) is 16.1 Å². The van der Waals surface area contributed by atoms with Gasteiger partial charge in [-0.05, 0) is 31.7 Å². The van der Waals surface area contributed by atoms with Crippen LogP contribution in [0.5, 0.6) is 0 Å². The summed E-state index contributed by atoms with van der Waals surface area (Å²) in [5, 5.41) is 2.96. The second-order valence-corrected chi connectivity index (χ2v) is 5.81. The van der Waals surface area contributed by atoms with Crippen molar-refractivity contribution in [2.75, 3.05) is 6.54 Å². The molecule has 1 saturated carbocycles. The molecule has 0 aliphatic heterocycles. The third-order valence-electron chi connectivity index (χ3n) is 3.67. The van der Waals surface area contributed by atoms with Crippen molar-refractivity contribution in [3.63, 3.8) is 0 Å². The number of hydrogen-bond donors (Lipinski definition) is 2. The van der Waals surface area contributed by atoms with E-state index in [0.29, 0.717) is 19.5 Å². The zero-order chi connectivity index (χ0) is 12.3. The van der Waals surface area contributed by atoms with E-state index in [4.69, 9.17) is 5.73 Å². The Morgan fingerprint density at radius 2 is 2.41 bits per heavy atom. The van der Waals surface area contributed by atoms with Gasteiger partial charge in [0.25, 0.3) is 0 Å². The zero-order valence-corrected chi connectivity index (χ0v) is 11.0. The van der Waals surface area contributed by atoms with Crippen molar-refractivity contribution in [1.29, 1.82) is 0 Å². The van der Waals surface area contributed by atoms with Gasteiger partial charge in [0.15, 0.2) is 0 Å². The van der Waals surface area contributed by atoms with Gasteiger partial charge in [-0.2, -0.15) is 0 Å². The minimum atomic E-state index is 0.0901. The maximum absolute atomic E-state index is 11.8. The van der Waals surface area contributed by atoms with Crippen LogP contribution in [0.2, 0.25) is 0 Å². The molecule has 0 aromatic carbocycles. The van der Waals surface area contributed by atoms with Crippen LogP contribution in [0.1, 0.15) is 36.3 Å². The number of aromatic nitrogens is 1. The van der Waals surface area contributed by atoms with Crippen molar-refractivity contribution in [1.82, 2.24) is 10.3 Å². The standard InChI is InChI=1S/C12H19N3OS/c1-9-10(17-8-15-9)6-14-11(16)5-12(7-13)3-2-4-12/h8H,2-7,13H2,1H3,(H,14,16). The lowest BCUT2D eigenvalue weighted by Gasteiger charge is -2.40. The van der Waals surface area contributed by atoms with Gasteiger partial charge < -0.3 is 11.1 Å². The Kier molecular flexibility index (Phi) is 3.79. The number of nitrogens with two attached hydrogens (primary N) is 1. The Bertz CT molecular complexity index is 393. The predicted octanol–water partition coefficient (Wildman–Crippen LogP) is 1.59. The summed E-state index contributed by atoms with van der Waals surface area (Å²) in [7, 11) is 0. The quantitative estimate of drug-likeness (QED) is 0.837. The highest BCUT2D eigenvalue weighted by molar-refractivity contribution is 7.09. The van der Waals surface area contributed by atoms with E-state index in [2.05, 4.69) is 10.3 Å². The zero-order valence-electron chi connectivity index (χ0n) is 10.2. The SMILES string of the molecule is Cc1ncsc1CNC(=O)CC1(CN)CCC1. The average Bonchev–Trinajstić information content (AvgIpc) is 2.67. The second-order valence-electron chi connectivity index (χ2n) is 4.87. The number of rotatable bonds is 5. The molecule has 1 fully saturated rings. The molecule has 0 spiro atoms. The van der Waals surface area contributed by atoms with Gasteiger partial charge in [-0.3, -0.25) is 4.79 Å². The summed E-state index contributed by atoms with van der Waals surface area (Å²) in [5.74, 6) is 0.114. The molecule has 1 heterocycles. The Morgan fingerprint density at radius 3 is 2.88 bits per heavy atom. The van der Waals surface area contributed by atoms with E-state index < -0.39 is 0 Å². The molecular formula is C12H19N3OS. The first-order valence-electron chi connectivity index (χ1n) is 6.01. The van der Waals surface area contributed by atoms with E-state index in [1.807, 2.05) is 12.4 Å². The molecule has 0 saturated heterocycles. The molecule has 17 heavy (non-hydrogen) atoms. The summed E-state index contributed by atoms with van der Waals surface area (Å²) < 4.78 is 0. The van der Waals surface area contributed by atoms with Crippen molar-refractivity contribution in [3.8, 4) is 0 Å². The van der Waals surface area contributed by atoms with Gasteiger partial charge in [0, 0.05) is 11.3 Å². The molecule has 1 aromatic heterocycles. The maximum atomic E-state index is 11.8. The first-order valence-corrected chi connectivity index (χ1v) is 6.89. The summed E-state index contributed by atoms with van der Waals surface area (Å²) >= 11 is 1.58. The Hall–Kier alpha value is -0.940. The molecule has 0 bridgehead atoms. The molecule has 0 unspecified atom stereocenters. The van der Waals surface area contributed by atoms with Crippen LogP contribution in [0, 0.1) is 12.3 Å². The molecule has 4 nitrogen and oxygen atoms in total. The van der Waals surface area contributed by atoms with Crippen LogP contribution in [0.4, 0.5) is 0 Å². The molecule has 3 N–H and O–H groups in total. The molecular weight excluding hydrogens is 234 g/mol. The lowest BCUT2D eigenvalue weighted by atomic mass is 9.66. The fraction of sp³-hybridized carbons (Fsp3) is 0.667. The topological polar surface area (TPSA) is 68.0 Å². The molecule has 0 radical (unpaired) electrons. The third kappa shape index (κ3) is 2.84. The number of hydrogen-bond acceptors (Lipinski definition) is 4. The number of carbonyl (C=O) groups excluding carboxylic acids is 1. The smallest absolute Gasteiger partial charge is 0.220 e. The Morgan fingerprint density at radius 1 is 1.65 bits per heavy atom.